The fraction of sp³-hybridized carbons (Fsp3) is 0.417. The molecule has 1 N–H and O–H groups in total. The molecule has 1 aromatic rings. The lowest BCUT2D eigenvalue weighted by molar-refractivity contribution is -0.146. The van der Waals surface area contributed by atoms with E-state index in [2.05, 4.69) is 5.32 Å². The predicted molar refractivity (Wildman–Crippen MR) is 64.4 cm³/mol. The summed E-state index contributed by atoms with van der Waals surface area (Å²) in [6.07, 6.45) is -0.0690. The van der Waals surface area contributed by atoms with Crippen molar-refractivity contribution in [3.8, 4) is 0 Å². The summed E-state index contributed by atoms with van der Waals surface area (Å²) < 4.78 is 4.98. The summed E-state index contributed by atoms with van der Waals surface area (Å²) in [6, 6.07) is 7.51. The monoisotopic (exact) mass is 241 g/mol. The van der Waals surface area contributed by atoms with Crippen LogP contribution in [0.15, 0.2) is 24.3 Å². The van der Waals surface area contributed by atoms with Crippen molar-refractivity contribution >= 4 is 17.6 Å². The van der Waals surface area contributed by atoms with Gasteiger partial charge in [0.15, 0.2) is 0 Å². The van der Waals surface area contributed by atoms with Crippen LogP contribution in [0.4, 0.5) is 0 Å². The maximum atomic E-state index is 11.2. The molecule has 0 aliphatic heterocycles. The number of hydrogen-bond donors (Lipinski definition) is 1. The van der Waals surface area contributed by atoms with Crippen LogP contribution in [0, 0.1) is 0 Å². The highest BCUT2D eigenvalue weighted by atomic mass is 35.5. The van der Waals surface area contributed by atoms with Gasteiger partial charge in [-0.15, -0.1) is 0 Å². The van der Waals surface area contributed by atoms with E-state index in [0.29, 0.717) is 11.6 Å². The van der Waals surface area contributed by atoms with Crippen LogP contribution in [0.2, 0.25) is 5.02 Å². The number of benzene rings is 1. The average molecular weight is 242 g/mol. The van der Waals surface area contributed by atoms with E-state index >= 15 is 0 Å². The Kier molecular flexibility index (Phi) is 5.29. The molecule has 0 saturated carbocycles. The lowest BCUT2D eigenvalue weighted by Gasteiger charge is -2.08. The van der Waals surface area contributed by atoms with Crippen LogP contribution < -0.4 is 5.32 Å². The molecule has 0 unspecified atom stereocenters. The Morgan fingerprint density at radius 1 is 1.50 bits per heavy atom. The highest BCUT2D eigenvalue weighted by molar-refractivity contribution is 6.30. The van der Waals surface area contributed by atoms with Gasteiger partial charge in [-0.2, -0.15) is 0 Å². The Hall–Kier alpha value is -1.06. The van der Waals surface area contributed by atoms with E-state index in [0.717, 1.165) is 5.56 Å². The van der Waals surface area contributed by atoms with Crippen LogP contribution >= 0.6 is 11.6 Å². The normalized spacial score (nSPS) is 10.5. The van der Waals surface area contributed by atoms with Gasteiger partial charge in [0.05, 0.1) is 12.6 Å². The third-order valence-electron chi connectivity index (χ3n) is 1.85. The molecule has 0 atom stereocenters. The Morgan fingerprint density at radius 2 is 2.25 bits per heavy atom. The Morgan fingerprint density at radius 3 is 2.88 bits per heavy atom. The molecule has 0 aromatic heterocycles. The first-order valence-corrected chi connectivity index (χ1v) is 5.60. The summed E-state index contributed by atoms with van der Waals surface area (Å²) in [7, 11) is 0. The number of carbonyl (C=O) groups is 1. The molecule has 0 aliphatic carbocycles. The van der Waals surface area contributed by atoms with Crippen molar-refractivity contribution in [2.24, 2.45) is 0 Å². The number of hydrogen-bond acceptors (Lipinski definition) is 3. The number of esters is 1. The maximum absolute atomic E-state index is 11.2. The van der Waals surface area contributed by atoms with Crippen LogP contribution in [0.25, 0.3) is 0 Å². The molecule has 0 radical (unpaired) electrons. The van der Waals surface area contributed by atoms with Gasteiger partial charge in [0.1, 0.15) is 0 Å². The molecule has 0 fully saturated rings. The number of rotatable bonds is 5. The molecular weight excluding hydrogens is 226 g/mol. The largest absolute Gasteiger partial charge is 0.462 e. The lowest BCUT2D eigenvalue weighted by Crippen LogP contribution is -2.26. The molecular formula is C12H16ClNO2. The molecule has 0 spiro atoms. The molecule has 0 heterocycles. The van der Waals surface area contributed by atoms with Gasteiger partial charge in [0, 0.05) is 11.6 Å². The minimum absolute atomic E-state index is 0.0690. The van der Waals surface area contributed by atoms with Crippen LogP contribution in [0.3, 0.4) is 0 Å². The summed E-state index contributed by atoms with van der Waals surface area (Å²) in [5, 5.41) is 3.70. The molecule has 0 amide bonds. The van der Waals surface area contributed by atoms with Crippen LogP contribution in [-0.4, -0.2) is 18.6 Å². The van der Waals surface area contributed by atoms with E-state index in [1.54, 1.807) is 0 Å². The average Bonchev–Trinajstić information content (AvgIpc) is 2.16. The molecule has 3 nitrogen and oxygen atoms in total. The second-order valence-corrected chi connectivity index (χ2v) is 4.21. The van der Waals surface area contributed by atoms with Crippen LogP contribution in [0.1, 0.15) is 19.4 Å². The fourth-order valence-electron chi connectivity index (χ4n) is 1.26. The van der Waals surface area contributed by atoms with Crippen molar-refractivity contribution in [1.29, 1.82) is 0 Å². The maximum Gasteiger partial charge on any atom is 0.320 e. The topological polar surface area (TPSA) is 38.3 Å². The van der Waals surface area contributed by atoms with Gasteiger partial charge in [-0.1, -0.05) is 23.7 Å². The first-order valence-electron chi connectivity index (χ1n) is 5.22. The van der Waals surface area contributed by atoms with Crippen LogP contribution in [0.5, 0.6) is 0 Å². The van der Waals surface area contributed by atoms with Gasteiger partial charge >= 0.3 is 5.97 Å². The zero-order chi connectivity index (χ0) is 12.0. The molecule has 88 valence electrons. The minimum Gasteiger partial charge on any atom is -0.462 e. The van der Waals surface area contributed by atoms with Crippen molar-refractivity contribution in [2.45, 2.75) is 26.5 Å². The molecule has 16 heavy (non-hydrogen) atoms. The first kappa shape index (κ1) is 13.0. The summed E-state index contributed by atoms with van der Waals surface area (Å²) in [5.74, 6) is -0.239. The van der Waals surface area contributed by atoms with E-state index in [9.17, 15) is 4.79 Å². The van der Waals surface area contributed by atoms with Gasteiger partial charge in [-0.25, -0.2) is 0 Å². The van der Waals surface area contributed by atoms with E-state index in [-0.39, 0.29) is 18.6 Å². The Labute approximate surface area is 101 Å². The standard InChI is InChI=1S/C12H16ClNO2/c1-9(2)16-12(15)8-14-7-10-4-3-5-11(13)6-10/h3-6,9,14H,7-8H2,1-2H3. The number of ether oxygens (including phenoxy) is 1. The van der Waals surface area contributed by atoms with E-state index < -0.39 is 0 Å². The van der Waals surface area contributed by atoms with Gasteiger partial charge in [-0.3, -0.25) is 4.79 Å². The second-order valence-electron chi connectivity index (χ2n) is 3.77. The summed E-state index contributed by atoms with van der Waals surface area (Å²) in [4.78, 5) is 11.2. The van der Waals surface area contributed by atoms with Crippen molar-refractivity contribution in [2.75, 3.05) is 6.54 Å². The van der Waals surface area contributed by atoms with Crippen molar-refractivity contribution in [1.82, 2.24) is 5.32 Å². The van der Waals surface area contributed by atoms with Gasteiger partial charge < -0.3 is 10.1 Å². The first-order chi connectivity index (χ1) is 7.58. The van der Waals surface area contributed by atoms with Gasteiger partial charge in [0.2, 0.25) is 0 Å². The summed E-state index contributed by atoms with van der Waals surface area (Å²) in [5.41, 5.74) is 1.05. The molecule has 0 bridgehead atoms. The molecule has 4 heteroatoms. The van der Waals surface area contributed by atoms with Crippen LogP contribution in [-0.2, 0) is 16.1 Å². The third kappa shape index (κ3) is 5.14. The SMILES string of the molecule is CC(C)OC(=O)CNCc1cccc(Cl)c1. The highest BCUT2D eigenvalue weighted by Gasteiger charge is 2.04. The fourth-order valence-corrected chi connectivity index (χ4v) is 1.47. The highest BCUT2D eigenvalue weighted by Crippen LogP contribution is 2.09. The number of nitrogens with one attached hydrogen (secondary N) is 1. The number of carbonyl (C=O) groups excluding carboxylic acids is 1. The molecule has 1 rings (SSSR count). The van der Waals surface area contributed by atoms with E-state index in [1.807, 2.05) is 38.1 Å². The molecule has 0 saturated heterocycles. The van der Waals surface area contributed by atoms with Crippen molar-refractivity contribution < 1.29 is 9.53 Å². The minimum atomic E-state index is -0.239. The molecule has 1 aromatic carbocycles. The zero-order valence-electron chi connectivity index (χ0n) is 9.50. The second kappa shape index (κ2) is 6.51. The van der Waals surface area contributed by atoms with E-state index in [4.69, 9.17) is 16.3 Å². The smallest absolute Gasteiger partial charge is 0.320 e. The zero-order valence-corrected chi connectivity index (χ0v) is 10.3. The molecule has 0 aliphatic rings. The quantitative estimate of drug-likeness (QED) is 0.805. The number of halogens is 1. The summed E-state index contributed by atoms with van der Waals surface area (Å²) in [6.45, 7) is 4.47. The van der Waals surface area contributed by atoms with E-state index in [1.165, 1.54) is 0 Å². The third-order valence-corrected chi connectivity index (χ3v) is 2.09. The summed E-state index contributed by atoms with van der Waals surface area (Å²) >= 11 is 5.84. The van der Waals surface area contributed by atoms with Crippen molar-refractivity contribution in [3.05, 3.63) is 34.9 Å². The van der Waals surface area contributed by atoms with Gasteiger partial charge in [0.25, 0.3) is 0 Å². The van der Waals surface area contributed by atoms with Crippen molar-refractivity contribution in [3.63, 3.8) is 0 Å². The Bertz CT molecular complexity index is 353. The van der Waals surface area contributed by atoms with Gasteiger partial charge in [-0.05, 0) is 31.5 Å². The lowest BCUT2D eigenvalue weighted by atomic mass is 10.2. The Balaban J connectivity index is 2.28. The predicted octanol–water partition coefficient (Wildman–Crippen LogP) is 2.38.